The second-order valence-corrected chi connectivity index (χ2v) is 7.29. The highest BCUT2D eigenvalue weighted by Gasteiger charge is 2.14. The van der Waals surface area contributed by atoms with Crippen LogP contribution in [0.3, 0.4) is 0 Å². The van der Waals surface area contributed by atoms with Gasteiger partial charge in [0.25, 0.3) is 5.56 Å². The molecule has 3 aromatic rings. The molecule has 0 radical (unpaired) electrons. The molecular weight excluding hydrogens is 390 g/mol. The minimum absolute atomic E-state index is 0.134. The van der Waals surface area contributed by atoms with E-state index in [1.807, 2.05) is 6.92 Å². The third kappa shape index (κ3) is 4.55. The average Bonchev–Trinajstić information content (AvgIpc) is 3.14. The van der Waals surface area contributed by atoms with E-state index in [0.717, 1.165) is 10.1 Å². The summed E-state index contributed by atoms with van der Waals surface area (Å²) in [4.78, 5) is 28.6. The van der Waals surface area contributed by atoms with Gasteiger partial charge in [0, 0.05) is 27.2 Å². The van der Waals surface area contributed by atoms with Gasteiger partial charge in [0.1, 0.15) is 24.2 Å². The first-order valence-corrected chi connectivity index (χ1v) is 9.71. The molecule has 0 amide bonds. The van der Waals surface area contributed by atoms with Crippen molar-refractivity contribution in [3.8, 4) is 11.5 Å². The van der Waals surface area contributed by atoms with Crippen molar-refractivity contribution in [3.05, 3.63) is 50.9 Å². The zero-order valence-corrected chi connectivity index (χ0v) is 17.3. The number of fused-ring (bicyclic) bond motifs is 1. The number of hydrogen-bond donors (Lipinski definition) is 3. The van der Waals surface area contributed by atoms with Gasteiger partial charge in [-0.3, -0.25) is 13.9 Å². The van der Waals surface area contributed by atoms with Gasteiger partial charge in [0.15, 0.2) is 11.2 Å². The van der Waals surface area contributed by atoms with Crippen LogP contribution >= 0.6 is 0 Å². The van der Waals surface area contributed by atoms with E-state index < -0.39 is 11.8 Å². The quantitative estimate of drug-likeness (QED) is 0.414. The molecule has 0 aliphatic rings. The highest BCUT2D eigenvalue weighted by Crippen LogP contribution is 2.22. The second kappa shape index (κ2) is 9.14. The predicted molar refractivity (Wildman–Crippen MR) is 112 cm³/mol. The molecule has 0 saturated carbocycles. The Kier molecular flexibility index (Phi) is 6.58. The molecule has 3 rings (SSSR count). The molecule has 0 bridgehead atoms. The summed E-state index contributed by atoms with van der Waals surface area (Å²) in [5.74, 6) is 0.794. The van der Waals surface area contributed by atoms with Gasteiger partial charge in [-0.25, -0.2) is 9.78 Å². The number of ether oxygens (including phenoxy) is 1. The molecule has 2 heterocycles. The van der Waals surface area contributed by atoms with Gasteiger partial charge in [0.05, 0.1) is 6.33 Å². The molecule has 1 atom stereocenters. The van der Waals surface area contributed by atoms with Gasteiger partial charge >= 0.3 is 5.69 Å². The Balaban J connectivity index is 1.46. The molecule has 0 saturated heterocycles. The predicted octanol–water partition coefficient (Wildman–Crippen LogP) is -0.133. The normalized spacial score (nSPS) is 12.4. The summed E-state index contributed by atoms with van der Waals surface area (Å²) in [6, 6.07) is 4.81. The van der Waals surface area contributed by atoms with Gasteiger partial charge in [-0.1, -0.05) is 0 Å². The van der Waals surface area contributed by atoms with Crippen LogP contribution in [0.5, 0.6) is 11.5 Å². The highest BCUT2D eigenvalue weighted by atomic mass is 16.5. The molecule has 0 spiro atoms. The first kappa shape index (κ1) is 21.6. The second-order valence-electron chi connectivity index (χ2n) is 7.29. The monoisotopic (exact) mass is 417 g/mol. The minimum atomic E-state index is -0.686. The molecule has 0 aliphatic heterocycles. The van der Waals surface area contributed by atoms with Gasteiger partial charge in [-0.15, -0.1) is 0 Å². The fourth-order valence-corrected chi connectivity index (χ4v) is 3.25. The number of rotatable bonds is 9. The standard InChI is InChI=1S/C20H27N5O5/c1-13-9-14(26)5-6-16(13)30-11-15(27)10-21-7-4-8-25-12-22-18-17(25)19(28)24(3)20(29)23(18)2/h5-6,9,12,15,21,26-27H,4,7-8,10-11H2,1-3H3. The highest BCUT2D eigenvalue weighted by molar-refractivity contribution is 5.69. The Morgan fingerprint density at radius 3 is 2.73 bits per heavy atom. The van der Waals surface area contributed by atoms with Crippen LogP contribution in [-0.4, -0.2) is 54.7 Å². The summed E-state index contributed by atoms with van der Waals surface area (Å²) in [5.41, 5.74) is 0.797. The maximum absolute atomic E-state index is 12.4. The van der Waals surface area contributed by atoms with Crippen molar-refractivity contribution in [1.82, 2.24) is 24.0 Å². The number of aliphatic hydroxyl groups is 1. The fraction of sp³-hybridized carbons (Fsp3) is 0.450. The van der Waals surface area contributed by atoms with Crippen LogP contribution in [0.1, 0.15) is 12.0 Å². The van der Waals surface area contributed by atoms with Gasteiger partial charge in [-0.05, 0) is 43.7 Å². The number of aromatic nitrogens is 4. The zero-order valence-electron chi connectivity index (χ0n) is 17.3. The van der Waals surface area contributed by atoms with Crippen molar-refractivity contribution >= 4 is 11.2 Å². The SMILES string of the molecule is Cc1cc(O)ccc1OCC(O)CNCCCn1cnc2c1c(=O)n(C)c(=O)n2C. The van der Waals surface area contributed by atoms with Crippen LogP contribution in [0.25, 0.3) is 11.2 Å². The van der Waals surface area contributed by atoms with E-state index in [4.69, 9.17) is 4.74 Å². The smallest absolute Gasteiger partial charge is 0.332 e. The summed E-state index contributed by atoms with van der Waals surface area (Å²) >= 11 is 0. The first-order valence-electron chi connectivity index (χ1n) is 9.71. The molecule has 0 fully saturated rings. The number of nitrogens with zero attached hydrogens (tertiary/aromatic N) is 4. The molecule has 2 aromatic heterocycles. The lowest BCUT2D eigenvalue weighted by molar-refractivity contribution is 0.106. The molecule has 3 N–H and O–H groups in total. The Bertz CT molecular complexity index is 1150. The minimum Gasteiger partial charge on any atom is -0.508 e. The van der Waals surface area contributed by atoms with Crippen LogP contribution in [-0.2, 0) is 20.6 Å². The van der Waals surface area contributed by atoms with Crippen LogP contribution < -0.4 is 21.3 Å². The third-order valence-electron chi connectivity index (χ3n) is 4.94. The van der Waals surface area contributed by atoms with Crippen LogP contribution in [0.2, 0.25) is 0 Å². The lowest BCUT2D eigenvalue weighted by Gasteiger charge is -2.15. The van der Waals surface area contributed by atoms with Gasteiger partial charge in [0.2, 0.25) is 0 Å². The summed E-state index contributed by atoms with van der Waals surface area (Å²) in [6.07, 6.45) is 1.59. The topological polar surface area (TPSA) is 124 Å². The maximum Gasteiger partial charge on any atom is 0.332 e. The zero-order chi connectivity index (χ0) is 21.8. The Morgan fingerprint density at radius 2 is 2.00 bits per heavy atom. The number of aromatic hydroxyl groups is 1. The van der Waals surface area contributed by atoms with Gasteiger partial charge in [-0.2, -0.15) is 0 Å². The van der Waals surface area contributed by atoms with Crippen LogP contribution in [0.15, 0.2) is 34.1 Å². The number of phenolic OH excluding ortho intramolecular Hbond substituents is 1. The summed E-state index contributed by atoms with van der Waals surface area (Å²) in [6.45, 7) is 3.49. The van der Waals surface area contributed by atoms with E-state index in [0.29, 0.717) is 43.0 Å². The number of benzene rings is 1. The van der Waals surface area contributed by atoms with E-state index >= 15 is 0 Å². The number of aliphatic hydroxyl groups excluding tert-OH is 1. The molecule has 10 nitrogen and oxygen atoms in total. The number of imidazole rings is 1. The van der Waals surface area contributed by atoms with Crippen molar-refractivity contribution in [1.29, 1.82) is 0 Å². The lowest BCUT2D eigenvalue weighted by atomic mass is 10.2. The molecule has 30 heavy (non-hydrogen) atoms. The van der Waals surface area contributed by atoms with Crippen LogP contribution in [0, 0.1) is 6.92 Å². The van der Waals surface area contributed by atoms with E-state index in [2.05, 4.69) is 10.3 Å². The van der Waals surface area contributed by atoms with Crippen molar-refractivity contribution in [3.63, 3.8) is 0 Å². The van der Waals surface area contributed by atoms with E-state index in [-0.39, 0.29) is 17.9 Å². The largest absolute Gasteiger partial charge is 0.508 e. The average molecular weight is 417 g/mol. The molecular formula is C20H27N5O5. The maximum atomic E-state index is 12.4. The van der Waals surface area contributed by atoms with Gasteiger partial charge < -0.3 is 24.8 Å². The molecule has 1 aromatic carbocycles. The number of hydrogen-bond acceptors (Lipinski definition) is 7. The molecule has 10 heteroatoms. The van der Waals surface area contributed by atoms with E-state index in [9.17, 15) is 19.8 Å². The van der Waals surface area contributed by atoms with Crippen molar-refractivity contribution < 1.29 is 14.9 Å². The van der Waals surface area contributed by atoms with Crippen molar-refractivity contribution in [2.75, 3.05) is 19.7 Å². The molecule has 1 unspecified atom stereocenters. The summed E-state index contributed by atoms with van der Waals surface area (Å²) in [7, 11) is 3.04. The number of aryl methyl sites for hydroxylation is 3. The first-order chi connectivity index (χ1) is 14.3. The van der Waals surface area contributed by atoms with E-state index in [1.165, 1.54) is 17.7 Å². The Labute approximate surface area is 173 Å². The summed E-state index contributed by atoms with van der Waals surface area (Å²) < 4.78 is 9.76. The lowest BCUT2D eigenvalue weighted by Crippen LogP contribution is -2.37. The Hall–Kier alpha value is -3.11. The summed E-state index contributed by atoms with van der Waals surface area (Å²) in [5, 5.41) is 22.6. The van der Waals surface area contributed by atoms with Crippen molar-refractivity contribution in [2.24, 2.45) is 14.1 Å². The van der Waals surface area contributed by atoms with E-state index in [1.54, 1.807) is 30.1 Å². The third-order valence-corrected chi connectivity index (χ3v) is 4.94. The number of phenols is 1. The Morgan fingerprint density at radius 1 is 1.23 bits per heavy atom. The fourth-order valence-electron chi connectivity index (χ4n) is 3.25. The number of nitrogens with one attached hydrogen (secondary N) is 1. The van der Waals surface area contributed by atoms with Crippen LogP contribution in [0.4, 0.5) is 0 Å². The molecule has 0 aliphatic carbocycles. The molecule has 162 valence electrons. The van der Waals surface area contributed by atoms with Crippen molar-refractivity contribution in [2.45, 2.75) is 26.0 Å².